The van der Waals surface area contributed by atoms with Crippen molar-refractivity contribution in [3.05, 3.63) is 41.6 Å². The molecular formula is C14H23N. The van der Waals surface area contributed by atoms with Crippen LogP contribution in [0.5, 0.6) is 0 Å². The van der Waals surface area contributed by atoms with E-state index in [0.717, 1.165) is 5.22 Å². The van der Waals surface area contributed by atoms with Crippen LogP contribution < -0.4 is 10.4 Å². The molecule has 0 aromatic carbocycles. The Labute approximate surface area is 93.9 Å². The van der Waals surface area contributed by atoms with Gasteiger partial charge in [0, 0.05) is 12.4 Å². The predicted molar refractivity (Wildman–Crippen MR) is 71.0 cm³/mol. The second-order valence-corrected chi connectivity index (χ2v) is 2.20. The maximum absolute atomic E-state index is 4.01. The van der Waals surface area contributed by atoms with Crippen molar-refractivity contribution in [3.63, 3.8) is 0 Å². The Morgan fingerprint density at radius 2 is 1.73 bits per heavy atom. The minimum atomic E-state index is 1.12. The van der Waals surface area contributed by atoms with Crippen LogP contribution in [-0.2, 0) is 0 Å². The van der Waals surface area contributed by atoms with Crippen molar-refractivity contribution in [2.24, 2.45) is 0 Å². The molecule has 0 amide bonds. The second-order valence-electron chi connectivity index (χ2n) is 2.20. The van der Waals surface area contributed by atoms with E-state index in [1.807, 2.05) is 53.0 Å². The van der Waals surface area contributed by atoms with E-state index in [0.29, 0.717) is 0 Å². The minimum Gasteiger partial charge on any atom is -0.264 e. The van der Waals surface area contributed by atoms with Gasteiger partial charge in [0.15, 0.2) is 0 Å². The van der Waals surface area contributed by atoms with Crippen molar-refractivity contribution in [1.82, 2.24) is 4.98 Å². The van der Waals surface area contributed by atoms with Crippen molar-refractivity contribution in [2.75, 3.05) is 0 Å². The predicted octanol–water partition coefficient (Wildman–Crippen LogP) is 2.90. The summed E-state index contributed by atoms with van der Waals surface area (Å²) in [6.07, 6.45) is 9.39. The van der Waals surface area contributed by atoms with Crippen molar-refractivity contribution >= 4 is 12.2 Å². The number of aromatic nitrogens is 1. The molecule has 84 valence electrons. The van der Waals surface area contributed by atoms with Gasteiger partial charge in [-0.3, -0.25) is 4.98 Å². The molecule has 1 aromatic rings. The third-order valence-corrected chi connectivity index (χ3v) is 1.50. The monoisotopic (exact) mass is 205 g/mol. The zero-order chi connectivity index (χ0) is 12.1. The van der Waals surface area contributed by atoms with Gasteiger partial charge >= 0.3 is 0 Å². The zero-order valence-electron chi connectivity index (χ0n) is 10.6. The van der Waals surface area contributed by atoms with E-state index in [9.17, 15) is 0 Å². The highest BCUT2D eigenvalue weighted by Gasteiger charge is 1.79. The van der Waals surface area contributed by atoms with Gasteiger partial charge in [0.2, 0.25) is 0 Å². The number of rotatable bonds is 1. The van der Waals surface area contributed by atoms with Gasteiger partial charge in [0.25, 0.3) is 0 Å². The van der Waals surface area contributed by atoms with Crippen molar-refractivity contribution in [2.45, 2.75) is 34.6 Å². The normalized spacial score (nSPS) is 10.7. The van der Waals surface area contributed by atoms with Crippen LogP contribution in [0, 0.1) is 0 Å². The Bertz CT molecular complexity index is 350. The summed E-state index contributed by atoms with van der Waals surface area (Å²) in [6.45, 7) is 13.6. The molecule has 0 aliphatic rings. The van der Waals surface area contributed by atoms with Gasteiger partial charge in [-0.1, -0.05) is 52.5 Å². The Morgan fingerprint density at radius 3 is 2.20 bits per heavy atom. The molecule has 0 unspecified atom stereocenters. The molecule has 1 heteroatoms. The number of hydrogen-bond acceptors (Lipinski definition) is 1. The summed E-state index contributed by atoms with van der Waals surface area (Å²) < 4.78 is 0. The molecule has 1 rings (SSSR count). The van der Waals surface area contributed by atoms with Crippen molar-refractivity contribution in [3.8, 4) is 0 Å². The van der Waals surface area contributed by atoms with Crippen LogP contribution in [0.15, 0.2) is 31.1 Å². The fourth-order valence-electron chi connectivity index (χ4n) is 0.947. The summed E-state index contributed by atoms with van der Waals surface area (Å²) in [5, 5.41) is 2.31. The van der Waals surface area contributed by atoms with E-state index >= 15 is 0 Å². The summed E-state index contributed by atoms with van der Waals surface area (Å²) >= 11 is 0. The second kappa shape index (κ2) is 12.6. The molecule has 1 heterocycles. The van der Waals surface area contributed by atoms with Gasteiger partial charge in [-0.15, -0.1) is 0 Å². The smallest absolute Gasteiger partial charge is 0.0346 e. The molecule has 1 aromatic heterocycles. The lowest BCUT2D eigenvalue weighted by Crippen LogP contribution is -2.23. The largest absolute Gasteiger partial charge is 0.264 e. The molecule has 0 bridgehead atoms. The van der Waals surface area contributed by atoms with E-state index in [-0.39, 0.29) is 0 Å². The zero-order valence-corrected chi connectivity index (χ0v) is 10.6. The highest BCUT2D eigenvalue weighted by atomic mass is 14.6. The first kappa shape index (κ1) is 16.1. The van der Waals surface area contributed by atoms with E-state index in [1.54, 1.807) is 12.3 Å². The molecule has 0 spiro atoms. The summed E-state index contributed by atoms with van der Waals surface area (Å²) in [4.78, 5) is 4.01. The van der Waals surface area contributed by atoms with Gasteiger partial charge in [0.1, 0.15) is 0 Å². The first-order chi connectivity index (χ1) is 7.38. The standard InChI is InChI=1S/C10H11N.2C2H6/c1-3-5-10-8-11-7-6-9(10)4-2;2*1-2/h3-8H,1H2,2H3;2*1-2H3/b9-4-,10-5-;;. The molecule has 0 saturated carbocycles. The average Bonchev–Trinajstić information content (AvgIpc) is 2.35. The van der Waals surface area contributed by atoms with Crippen LogP contribution in [0.2, 0.25) is 0 Å². The molecule has 0 saturated heterocycles. The van der Waals surface area contributed by atoms with Gasteiger partial charge < -0.3 is 0 Å². The highest BCUT2D eigenvalue weighted by molar-refractivity contribution is 5.36. The van der Waals surface area contributed by atoms with E-state index in [2.05, 4.69) is 17.6 Å². The third-order valence-electron chi connectivity index (χ3n) is 1.50. The van der Waals surface area contributed by atoms with Crippen LogP contribution in [-0.4, -0.2) is 4.98 Å². The quantitative estimate of drug-likeness (QED) is 0.687. The topological polar surface area (TPSA) is 12.9 Å². The number of pyridine rings is 1. The first-order valence-corrected chi connectivity index (χ1v) is 5.57. The fourth-order valence-corrected chi connectivity index (χ4v) is 0.947. The van der Waals surface area contributed by atoms with Gasteiger partial charge in [-0.2, -0.15) is 0 Å². The Kier molecular flexibility index (Phi) is 13.5. The van der Waals surface area contributed by atoms with Gasteiger partial charge in [-0.25, -0.2) is 0 Å². The number of allylic oxidation sites excluding steroid dienone is 1. The Hall–Kier alpha value is -1.37. The summed E-state index contributed by atoms with van der Waals surface area (Å²) in [6, 6.07) is 1.98. The molecular weight excluding hydrogens is 182 g/mol. The third kappa shape index (κ3) is 6.67. The van der Waals surface area contributed by atoms with Crippen molar-refractivity contribution in [1.29, 1.82) is 0 Å². The fraction of sp³-hybridized carbons (Fsp3) is 0.357. The lowest BCUT2D eigenvalue weighted by Gasteiger charge is -1.85. The van der Waals surface area contributed by atoms with Crippen LogP contribution in [0.4, 0.5) is 0 Å². The Balaban J connectivity index is 0. The Morgan fingerprint density at radius 1 is 1.13 bits per heavy atom. The lowest BCUT2D eigenvalue weighted by atomic mass is 10.3. The first-order valence-electron chi connectivity index (χ1n) is 5.57. The van der Waals surface area contributed by atoms with Crippen LogP contribution in [0.1, 0.15) is 34.6 Å². The van der Waals surface area contributed by atoms with Crippen molar-refractivity contribution < 1.29 is 0 Å². The molecule has 0 atom stereocenters. The van der Waals surface area contributed by atoms with Gasteiger partial charge in [0.05, 0.1) is 0 Å². The van der Waals surface area contributed by atoms with Crippen LogP contribution in [0.25, 0.3) is 12.2 Å². The van der Waals surface area contributed by atoms with Crippen LogP contribution in [0.3, 0.4) is 0 Å². The molecule has 0 aliphatic heterocycles. The summed E-state index contributed by atoms with van der Waals surface area (Å²) in [7, 11) is 0. The molecule has 0 radical (unpaired) electrons. The van der Waals surface area contributed by atoms with E-state index in [4.69, 9.17) is 0 Å². The average molecular weight is 205 g/mol. The lowest BCUT2D eigenvalue weighted by molar-refractivity contribution is 1.27. The minimum absolute atomic E-state index is 1.12. The van der Waals surface area contributed by atoms with Gasteiger partial charge in [-0.05, 0) is 23.4 Å². The summed E-state index contributed by atoms with van der Waals surface area (Å²) in [5.74, 6) is 0. The van der Waals surface area contributed by atoms with E-state index < -0.39 is 0 Å². The molecule has 0 aliphatic carbocycles. The SMILES string of the molecule is C=C/C=c1/cncc/c1=C/C.CC.CC. The maximum atomic E-state index is 4.01. The van der Waals surface area contributed by atoms with Crippen LogP contribution >= 0.6 is 0 Å². The molecule has 0 N–H and O–H groups in total. The maximum Gasteiger partial charge on any atom is 0.0346 e. The number of nitrogens with zero attached hydrogens (tertiary/aromatic N) is 1. The summed E-state index contributed by atoms with van der Waals surface area (Å²) in [5.41, 5.74) is 0. The van der Waals surface area contributed by atoms with E-state index in [1.165, 1.54) is 5.22 Å². The molecule has 1 nitrogen and oxygen atoms in total. The highest BCUT2D eigenvalue weighted by Crippen LogP contribution is 1.67. The molecule has 15 heavy (non-hydrogen) atoms. The number of hydrogen-bond donors (Lipinski definition) is 0. The molecule has 0 fully saturated rings.